The minimum absolute atomic E-state index is 0.341. The lowest BCUT2D eigenvalue weighted by atomic mass is 10.0. The summed E-state index contributed by atoms with van der Waals surface area (Å²) >= 11 is 0. The van der Waals surface area contributed by atoms with Gasteiger partial charge in [-0.15, -0.1) is 11.8 Å². The predicted molar refractivity (Wildman–Crippen MR) is 52.9 cm³/mol. The Balaban J connectivity index is 3.57. The number of hydrogen-bond donors (Lipinski definition) is 0. The highest BCUT2D eigenvalue weighted by molar-refractivity contribution is 4.96. The van der Waals surface area contributed by atoms with Crippen LogP contribution in [0.3, 0.4) is 0 Å². The van der Waals surface area contributed by atoms with E-state index in [1.165, 1.54) is 0 Å². The summed E-state index contributed by atoms with van der Waals surface area (Å²) in [5, 5.41) is 0. The van der Waals surface area contributed by atoms with Crippen LogP contribution in [0.25, 0.3) is 0 Å². The van der Waals surface area contributed by atoms with Crippen molar-refractivity contribution in [1.29, 1.82) is 0 Å². The average molecular weight is 168 g/mol. The van der Waals surface area contributed by atoms with Gasteiger partial charge in [0.05, 0.1) is 12.7 Å². The van der Waals surface area contributed by atoms with Gasteiger partial charge in [-0.25, -0.2) is 0 Å². The molecule has 0 heterocycles. The molecule has 70 valence electrons. The summed E-state index contributed by atoms with van der Waals surface area (Å²) in [6, 6.07) is 0. The van der Waals surface area contributed by atoms with Crippen molar-refractivity contribution in [2.24, 2.45) is 5.92 Å². The standard InChI is InChI=1S/C11H20O/c1-5-7-8-11(6-2)9-12-10(3)4/h10-11H,6,8-9H2,1-4H3. The van der Waals surface area contributed by atoms with Gasteiger partial charge in [-0.1, -0.05) is 13.3 Å². The van der Waals surface area contributed by atoms with E-state index in [1.54, 1.807) is 0 Å². The minimum atomic E-state index is 0.341. The van der Waals surface area contributed by atoms with E-state index in [-0.39, 0.29) is 0 Å². The molecule has 0 saturated carbocycles. The molecule has 0 saturated heterocycles. The van der Waals surface area contributed by atoms with E-state index in [2.05, 4.69) is 32.6 Å². The Morgan fingerprint density at radius 1 is 1.33 bits per heavy atom. The van der Waals surface area contributed by atoms with Crippen molar-refractivity contribution in [3.8, 4) is 11.8 Å². The quantitative estimate of drug-likeness (QED) is 0.574. The van der Waals surface area contributed by atoms with Crippen molar-refractivity contribution in [3.05, 3.63) is 0 Å². The molecule has 0 fully saturated rings. The first kappa shape index (κ1) is 11.5. The Morgan fingerprint density at radius 3 is 2.42 bits per heavy atom. The highest BCUT2D eigenvalue weighted by atomic mass is 16.5. The fourth-order valence-electron chi connectivity index (χ4n) is 0.896. The Bertz CT molecular complexity index is 150. The van der Waals surface area contributed by atoms with Gasteiger partial charge in [0.15, 0.2) is 0 Å². The van der Waals surface area contributed by atoms with Crippen molar-refractivity contribution in [2.45, 2.75) is 46.6 Å². The van der Waals surface area contributed by atoms with E-state index in [0.29, 0.717) is 12.0 Å². The Labute approximate surface area is 76.5 Å². The van der Waals surface area contributed by atoms with Crippen LogP contribution in [0.4, 0.5) is 0 Å². The first-order valence-electron chi connectivity index (χ1n) is 4.71. The van der Waals surface area contributed by atoms with Crippen LogP contribution in [0.1, 0.15) is 40.5 Å². The summed E-state index contributed by atoms with van der Waals surface area (Å²) in [6.07, 6.45) is 2.47. The first-order valence-corrected chi connectivity index (χ1v) is 4.71. The third kappa shape index (κ3) is 6.24. The van der Waals surface area contributed by atoms with Crippen molar-refractivity contribution in [2.75, 3.05) is 6.61 Å². The van der Waals surface area contributed by atoms with Gasteiger partial charge in [0.2, 0.25) is 0 Å². The number of hydrogen-bond acceptors (Lipinski definition) is 1. The van der Waals surface area contributed by atoms with Gasteiger partial charge >= 0.3 is 0 Å². The van der Waals surface area contributed by atoms with Gasteiger partial charge in [0, 0.05) is 6.42 Å². The van der Waals surface area contributed by atoms with Gasteiger partial charge in [-0.05, 0) is 26.7 Å². The molecule has 0 aliphatic heterocycles. The predicted octanol–water partition coefficient (Wildman–Crippen LogP) is 2.85. The molecule has 1 atom stereocenters. The van der Waals surface area contributed by atoms with E-state index in [9.17, 15) is 0 Å². The van der Waals surface area contributed by atoms with Gasteiger partial charge < -0.3 is 4.74 Å². The average Bonchev–Trinajstić information content (AvgIpc) is 2.05. The second-order valence-corrected chi connectivity index (χ2v) is 3.29. The molecule has 0 aliphatic rings. The molecule has 0 spiro atoms. The maximum absolute atomic E-state index is 5.52. The van der Waals surface area contributed by atoms with E-state index >= 15 is 0 Å². The van der Waals surface area contributed by atoms with Crippen molar-refractivity contribution < 1.29 is 4.74 Å². The van der Waals surface area contributed by atoms with E-state index in [1.807, 2.05) is 6.92 Å². The van der Waals surface area contributed by atoms with Crippen LogP contribution >= 0.6 is 0 Å². The summed E-state index contributed by atoms with van der Waals surface area (Å²) in [7, 11) is 0. The number of rotatable bonds is 5. The highest BCUT2D eigenvalue weighted by Gasteiger charge is 2.05. The zero-order valence-corrected chi connectivity index (χ0v) is 8.68. The maximum Gasteiger partial charge on any atom is 0.0519 e. The first-order chi connectivity index (χ1) is 5.70. The Kier molecular flexibility index (Phi) is 6.90. The van der Waals surface area contributed by atoms with Gasteiger partial charge in [0.1, 0.15) is 0 Å². The van der Waals surface area contributed by atoms with Crippen LogP contribution in [0.5, 0.6) is 0 Å². The minimum Gasteiger partial charge on any atom is -0.378 e. The van der Waals surface area contributed by atoms with Crippen LogP contribution < -0.4 is 0 Å². The Morgan fingerprint density at radius 2 is 2.00 bits per heavy atom. The zero-order valence-electron chi connectivity index (χ0n) is 8.68. The molecule has 0 rings (SSSR count). The van der Waals surface area contributed by atoms with Crippen LogP contribution in [-0.4, -0.2) is 12.7 Å². The summed E-state index contributed by atoms with van der Waals surface area (Å²) in [5.74, 6) is 6.62. The van der Waals surface area contributed by atoms with Crippen LogP contribution in [0.2, 0.25) is 0 Å². The second-order valence-electron chi connectivity index (χ2n) is 3.29. The molecule has 0 aromatic rings. The van der Waals surface area contributed by atoms with Crippen molar-refractivity contribution in [3.63, 3.8) is 0 Å². The maximum atomic E-state index is 5.52. The molecule has 0 bridgehead atoms. The molecule has 1 unspecified atom stereocenters. The lowest BCUT2D eigenvalue weighted by molar-refractivity contribution is 0.0513. The molecular weight excluding hydrogens is 148 g/mol. The highest BCUT2D eigenvalue weighted by Crippen LogP contribution is 2.08. The molecule has 1 nitrogen and oxygen atoms in total. The number of ether oxygens (including phenoxy) is 1. The van der Waals surface area contributed by atoms with Gasteiger partial charge in [-0.2, -0.15) is 0 Å². The molecule has 0 aromatic heterocycles. The zero-order chi connectivity index (χ0) is 9.40. The molecule has 0 aliphatic carbocycles. The summed E-state index contributed by atoms with van der Waals surface area (Å²) in [5.41, 5.74) is 0. The largest absolute Gasteiger partial charge is 0.378 e. The second kappa shape index (κ2) is 7.18. The molecule has 0 radical (unpaired) electrons. The summed E-state index contributed by atoms with van der Waals surface area (Å²) in [4.78, 5) is 0. The molecule has 12 heavy (non-hydrogen) atoms. The SMILES string of the molecule is CC#CCC(CC)COC(C)C. The summed E-state index contributed by atoms with van der Waals surface area (Å²) < 4.78 is 5.52. The van der Waals surface area contributed by atoms with Crippen LogP contribution in [0.15, 0.2) is 0 Å². The van der Waals surface area contributed by atoms with Crippen LogP contribution in [0, 0.1) is 17.8 Å². The van der Waals surface area contributed by atoms with Gasteiger partial charge in [0.25, 0.3) is 0 Å². The molecule has 0 aromatic carbocycles. The Hall–Kier alpha value is -0.480. The third-order valence-corrected chi connectivity index (χ3v) is 1.81. The third-order valence-electron chi connectivity index (χ3n) is 1.81. The van der Waals surface area contributed by atoms with Gasteiger partial charge in [-0.3, -0.25) is 0 Å². The molecule has 1 heteroatoms. The fraction of sp³-hybridized carbons (Fsp3) is 0.818. The monoisotopic (exact) mass is 168 g/mol. The molecule has 0 amide bonds. The van der Waals surface area contributed by atoms with Crippen LogP contribution in [-0.2, 0) is 4.74 Å². The summed E-state index contributed by atoms with van der Waals surface area (Å²) in [6.45, 7) is 9.06. The van der Waals surface area contributed by atoms with E-state index < -0.39 is 0 Å². The lowest BCUT2D eigenvalue weighted by Gasteiger charge is -2.14. The normalized spacial score (nSPS) is 12.4. The smallest absolute Gasteiger partial charge is 0.0519 e. The molecule has 0 N–H and O–H groups in total. The van der Waals surface area contributed by atoms with Crippen molar-refractivity contribution in [1.82, 2.24) is 0 Å². The lowest BCUT2D eigenvalue weighted by Crippen LogP contribution is -2.12. The van der Waals surface area contributed by atoms with E-state index in [4.69, 9.17) is 4.74 Å². The molecular formula is C11H20O. The van der Waals surface area contributed by atoms with E-state index in [0.717, 1.165) is 19.4 Å². The topological polar surface area (TPSA) is 9.23 Å². The van der Waals surface area contributed by atoms with Crippen molar-refractivity contribution >= 4 is 0 Å². The fourth-order valence-corrected chi connectivity index (χ4v) is 0.896.